The lowest BCUT2D eigenvalue weighted by molar-refractivity contribution is 0.517. The van der Waals surface area contributed by atoms with Crippen LogP contribution in [0, 0.1) is 11.6 Å². The van der Waals surface area contributed by atoms with Crippen LogP contribution in [-0.2, 0) is 11.8 Å². The highest BCUT2D eigenvalue weighted by atomic mass is 32.1. The van der Waals surface area contributed by atoms with Crippen molar-refractivity contribution in [2.75, 3.05) is 0 Å². The van der Waals surface area contributed by atoms with Gasteiger partial charge in [0.2, 0.25) is 0 Å². The molecule has 0 N–H and O–H groups in total. The van der Waals surface area contributed by atoms with E-state index in [0.29, 0.717) is 5.92 Å². The first-order valence-corrected chi connectivity index (χ1v) is 9.59. The Bertz CT molecular complexity index is 998. The Morgan fingerprint density at radius 2 is 1.96 bits per heavy atom. The minimum atomic E-state index is -0.617. The van der Waals surface area contributed by atoms with Gasteiger partial charge < -0.3 is 0 Å². The summed E-state index contributed by atoms with van der Waals surface area (Å²) in [5.74, 6) is -0.897. The number of aryl methyl sites for hydroxylation is 1. The summed E-state index contributed by atoms with van der Waals surface area (Å²) in [6.45, 7) is 2.07. The van der Waals surface area contributed by atoms with Gasteiger partial charge in [-0.15, -0.1) is 26.6 Å². The molecule has 2 heterocycles. The molecule has 0 unspecified atom stereocenters. The monoisotopic (exact) mass is 370 g/mol. The molecule has 5 rings (SSSR count). The Kier molecular flexibility index (Phi) is 3.44. The lowest BCUT2D eigenvalue weighted by atomic mass is 9.83. The van der Waals surface area contributed by atoms with E-state index in [1.165, 1.54) is 18.2 Å². The highest BCUT2D eigenvalue weighted by molar-refractivity contribution is 7.11. The number of nitrogens with zero attached hydrogens (tertiary/aromatic N) is 4. The summed E-state index contributed by atoms with van der Waals surface area (Å²) in [5.41, 5.74) is 1.88. The van der Waals surface area contributed by atoms with Crippen molar-refractivity contribution < 1.29 is 8.78 Å². The lowest BCUT2D eigenvalue weighted by Gasteiger charge is -2.24. The van der Waals surface area contributed by atoms with E-state index in [-0.39, 0.29) is 16.7 Å². The van der Waals surface area contributed by atoms with E-state index >= 15 is 0 Å². The molecule has 3 aromatic rings. The molecule has 0 spiro atoms. The first-order chi connectivity index (χ1) is 12.6. The smallest absolute Gasteiger partial charge is 0.135 e. The predicted molar refractivity (Wildman–Crippen MR) is 94.0 cm³/mol. The summed E-state index contributed by atoms with van der Waals surface area (Å²) in [6.07, 6.45) is 3.80. The van der Waals surface area contributed by atoms with Crippen molar-refractivity contribution >= 4 is 11.3 Å². The van der Waals surface area contributed by atoms with Gasteiger partial charge in [0.05, 0.1) is 22.4 Å². The molecule has 1 saturated carbocycles. The van der Waals surface area contributed by atoms with Crippen molar-refractivity contribution in [3.05, 3.63) is 57.2 Å². The number of fused-ring (bicyclic) bond motifs is 5. The molecule has 1 fully saturated rings. The van der Waals surface area contributed by atoms with Crippen LogP contribution < -0.4 is 0 Å². The van der Waals surface area contributed by atoms with Crippen LogP contribution in [0.5, 0.6) is 0 Å². The lowest BCUT2D eigenvalue weighted by Crippen LogP contribution is -2.24. The second-order valence-corrected chi connectivity index (χ2v) is 8.07. The van der Waals surface area contributed by atoms with E-state index < -0.39 is 11.6 Å². The Hall–Kier alpha value is -2.28. The molecule has 0 amide bonds. The maximum absolute atomic E-state index is 14.1. The largest absolute Gasteiger partial charge is 0.206 e. The van der Waals surface area contributed by atoms with E-state index in [2.05, 4.69) is 27.3 Å². The molecule has 0 radical (unpaired) electrons. The molecule has 2 aliphatic rings. The summed E-state index contributed by atoms with van der Waals surface area (Å²) in [4.78, 5) is 0. The third-order valence-corrected chi connectivity index (χ3v) is 6.90. The third-order valence-electron chi connectivity index (χ3n) is 5.63. The van der Waals surface area contributed by atoms with E-state index in [0.717, 1.165) is 47.0 Å². The fourth-order valence-electron chi connectivity index (χ4n) is 4.37. The van der Waals surface area contributed by atoms with Crippen molar-refractivity contribution in [1.29, 1.82) is 0 Å². The quantitative estimate of drug-likeness (QED) is 0.686. The first kappa shape index (κ1) is 15.9. The van der Waals surface area contributed by atoms with Gasteiger partial charge in [-0.25, -0.2) is 8.78 Å². The molecule has 1 aromatic carbocycles. The highest BCUT2D eigenvalue weighted by Gasteiger charge is 2.54. The van der Waals surface area contributed by atoms with Crippen LogP contribution in [0.15, 0.2) is 24.3 Å². The molecule has 26 heavy (non-hydrogen) atoms. The Morgan fingerprint density at radius 3 is 2.69 bits per heavy atom. The molecule has 4 nitrogen and oxygen atoms in total. The Balaban J connectivity index is 1.64. The molecule has 7 heteroatoms. The summed E-state index contributed by atoms with van der Waals surface area (Å²) in [5, 5.41) is 19.3. The van der Waals surface area contributed by atoms with Crippen LogP contribution in [0.3, 0.4) is 0 Å². The van der Waals surface area contributed by atoms with Gasteiger partial charge in [0.25, 0.3) is 0 Å². The summed E-state index contributed by atoms with van der Waals surface area (Å²) in [6, 6.07) is 5.66. The zero-order chi connectivity index (χ0) is 17.9. The molecular weight excluding hydrogens is 354 g/mol. The van der Waals surface area contributed by atoms with E-state index in [1.807, 2.05) is 6.07 Å². The van der Waals surface area contributed by atoms with E-state index in [4.69, 9.17) is 0 Å². The van der Waals surface area contributed by atoms with Crippen LogP contribution in [0.2, 0.25) is 0 Å². The number of benzene rings is 1. The van der Waals surface area contributed by atoms with Gasteiger partial charge in [-0.3, -0.25) is 0 Å². The van der Waals surface area contributed by atoms with Gasteiger partial charge in [-0.2, -0.15) is 5.10 Å². The number of hydrogen-bond donors (Lipinski definition) is 0. The first-order valence-electron chi connectivity index (χ1n) is 8.77. The fraction of sp³-hybridized carbons (Fsp3) is 0.368. The van der Waals surface area contributed by atoms with Crippen LogP contribution in [0.25, 0.3) is 11.3 Å². The number of hydrogen-bond acceptors (Lipinski definition) is 5. The second kappa shape index (κ2) is 5.61. The normalized spacial score (nSPS) is 23.4. The molecule has 2 aromatic heterocycles. The predicted octanol–water partition coefficient (Wildman–Crippen LogP) is 4.40. The van der Waals surface area contributed by atoms with Crippen LogP contribution in [-0.4, -0.2) is 20.4 Å². The van der Waals surface area contributed by atoms with Gasteiger partial charge in [0, 0.05) is 0 Å². The second-order valence-electron chi connectivity index (χ2n) is 7.01. The van der Waals surface area contributed by atoms with Crippen LogP contribution in [0.1, 0.15) is 53.4 Å². The average molecular weight is 370 g/mol. The molecular formula is C19H16F2N4S. The highest BCUT2D eigenvalue weighted by Crippen LogP contribution is 2.60. The summed E-state index contributed by atoms with van der Waals surface area (Å²) >= 11 is 1.64. The minimum absolute atomic E-state index is 0.108. The Morgan fingerprint density at radius 1 is 1.15 bits per heavy atom. The summed E-state index contributed by atoms with van der Waals surface area (Å²) in [7, 11) is 0. The standard InChI is InChI=1S/C19H16F2N4S/c1-2-15-23-25-18(26-15)19-7-6-10(9-19)11-8-14(22-24-17(11)19)16-12(20)4-3-5-13(16)21/h3-5,8,10H,2,6-7,9H2,1H3/t10-,19-/m1/s1. The van der Waals surface area contributed by atoms with Crippen molar-refractivity contribution in [3.8, 4) is 11.3 Å². The Labute approximate surface area is 153 Å². The van der Waals surface area contributed by atoms with Crippen molar-refractivity contribution in [2.45, 2.75) is 43.9 Å². The fourth-order valence-corrected chi connectivity index (χ4v) is 5.37. The van der Waals surface area contributed by atoms with Gasteiger partial charge in [0.1, 0.15) is 21.6 Å². The average Bonchev–Trinajstić information content (AvgIpc) is 3.35. The topological polar surface area (TPSA) is 51.6 Å². The minimum Gasteiger partial charge on any atom is -0.206 e. The van der Waals surface area contributed by atoms with E-state index in [9.17, 15) is 8.78 Å². The molecule has 132 valence electrons. The van der Waals surface area contributed by atoms with Crippen LogP contribution in [0.4, 0.5) is 8.78 Å². The molecule has 2 aliphatic carbocycles. The van der Waals surface area contributed by atoms with Crippen molar-refractivity contribution in [2.24, 2.45) is 0 Å². The molecule has 0 saturated heterocycles. The van der Waals surface area contributed by atoms with Crippen LogP contribution >= 0.6 is 11.3 Å². The van der Waals surface area contributed by atoms with Gasteiger partial charge in [-0.05, 0) is 55.4 Å². The van der Waals surface area contributed by atoms with E-state index in [1.54, 1.807) is 11.3 Å². The SMILES string of the molecule is CCc1nnc([C@]23CC[C@H](C2)c2cc(-c4c(F)cccc4F)nnc23)s1. The molecule has 0 aliphatic heterocycles. The number of halogens is 2. The number of aromatic nitrogens is 4. The van der Waals surface area contributed by atoms with Crippen molar-refractivity contribution in [1.82, 2.24) is 20.4 Å². The van der Waals surface area contributed by atoms with Gasteiger partial charge >= 0.3 is 0 Å². The van der Waals surface area contributed by atoms with Crippen molar-refractivity contribution in [3.63, 3.8) is 0 Å². The molecule has 2 atom stereocenters. The molecule has 2 bridgehead atoms. The maximum atomic E-state index is 14.1. The van der Waals surface area contributed by atoms with Gasteiger partial charge in [-0.1, -0.05) is 13.0 Å². The number of rotatable bonds is 3. The summed E-state index contributed by atoms with van der Waals surface area (Å²) < 4.78 is 28.3. The zero-order valence-electron chi connectivity index (χ0n) is 14.2. The third kappa shape index (κ3) is 2.09. The van der Waals surface area contributed by atoms with Gasteiger partial charge in [0.15, 0.2) is 0 Å². The zero-order valence-corrected chi connectivity index (χ0v) is 15.0. The maximum Gasteiger partial charge on any atom is 0.135 e.